The Bertz CT molecular complexity index is 705. The SMILES string of the molecule is Cc1ccc(C(C)N(C)C(=O)Cn2cc(N)ccc2=O)s1. The van der Waals surface area contributed by atoms with E-state index in [1.807, 2.05) is 26.0 Å². The Kier molecular flexibility index (Phi) is 4.47. The summed E-state index contributed by atoms with van der Waals surface area (Å²) >= 11 is 1.67. The molecule has 6 heteroatoms. The summed E-state index contributed by atoms with van der Waals surface area (Å²) in [6, 6.07) is 6.95. The van der Waals surface area contributed by atoms with Gasteiger partial charge in [0, 0.05) is 34.8 Å². The summed E-state index contributed by atoms with van der Waals surface area (Å²) in [5.41, 5.74) is 5.88. The Labute approximate surface area is 127 Å². The average Bonchev–Trinajstić information content (AvgIpc) is 2.87. The first-order valence-corrected chi connectivity index (χ1v) is 7.48. The molecule has 2 aromatic rings. The van der Waals surface area contributed by atoms with Gasteiger partial charge in [-0.05, 0) is 32.0 Å². The highest BCUT2D eigenvalue weighted by Gasteiger charge is 2.19. The number of hydrogen-bond donors (Lipinski definition) is 1. The summed E-state index contributed by atoms with van der Waals surface area (Å²) in [5.74, 6) is -0.124. The number of nitrogens with two attached hydrogens (primary N) is 1. The van der Waals surface area contributed by atoms with E-state index in [0.29, 0.717) is 5.69 Å². The van der Waals surface area contributed by atoms with Gasteiger partial charge in [0.25, 0.3) is 5.56 Å². The molecule has 112 valence electrons. The van der Waals surface area contributed by atoms with Crippen molar-refractivity contribution in [1.29, 1.82) is 0 Å². The molecule has 2 heterocycles. The Balaban J connectivity index is 2.12. The molecule has 0 aromatic carbocycles. The molecule has 0 saturated carbocycles. The number of thiophene rings is 1. The molecular weight excluding hydrogens is 286 g/mol. The summed E-state index contributed by atoms with van der Waals surface area (Å²) in [6.07, 6.45) is 1.49. The Morgan fingerprint density at radius 1 is 1.38 bits per heavy atom. The van der Waals surface area contributed by atoms with E-state index >= 15 is 0 Å². The van der Waals surface area contributed by atoms with Crippen LogP contribution in [-0.2, 0) is 11.3 Å². The van der Waals surface area contributed by atoms with Crippen LogP contribution in [0.2, 0.25) is 0 Å². The van der Waals surface area contributed by atoms with Gasteiger partial charge in [0.2, 0.25) is 5.91 Å². The lowest BCUT2D eigenvalue weighted by Gasteiger charge is -2.24. The van der Waals surface area contributed by atoms with E-state index in [2.05, 4.69) is 0 Å². The summed E-state index contributed by atoms with van der Waals surface area (Å²) in [6.45, 7) is 4.01. The number of nitrogen functional groups attached to an aromatic ring is 1. The number of carbonyl (C=O) groups excluding carboxylic acids is 1. The highest BCUT2D eigenvalue weighted by Crippen LogP contribution is 2.26. The van der Waals surface area contributed by atoms with Crippen LogP contribution in [-0.4, -0.2) is 22.4 Å². The number of nitrogens with zero attached hydrogens (tertiary/aromatic N) is 2. The van der Waals surface area contributed by atoms with Crippen molar-refractivity contribution < 1.29 is 4.79 Å². The molecular formula is C15H19N3O2S. The third-order valence-electron chi connectivity index (χ3n) is 3.46. The minimum atomic E-state index is -0.231. The fourth-order valence-electron chi connectivity index (χ4n) is 2.02. The van der Waals surface area contributed by atoms with Crippen LogP contribution in [0, 0.1) is 6.92 Å². The van der Waals surface area contributed by atoms with Crippen LogP contribution in [0.5, 0.6) is 0 Å². The molecule has 0 spiro atoms. The number of amides is 1. The smallest absolute Gasteiger partial charge is 0.251 e. The van der Waals surface area contributed by atoms with Crippen LogP contribution in [0.1, 0.15) is 22.7 Å². The van der Waals surface area contributed by atoms with Crippen molar-refractivity contribution in [2.24, 2.45) is 0 Å². The Morgan fingerprint density at radius 3 is 2.71 bits per heavy atom. The van der Waals surface area contributed by atoms with E-state index in [-0.39, 0.29) is 24.1 Å². The minimum Gasteiger partial charge on any atom is -0.398 e. The summed E-state index contributed by atoms with van der Waals surface area (Å²) < 4.78 is 1.33. The molecule has 2 aromatic heterocycles. The first-order chi connectivity index (χ1) is 9.88. The molecule has 0 aliphatic rings. The zero-order chi connectivity index (χ0) is 15.6. The van der Waals surface area contributed by atoms with E-state index in [0.717, 1.165) is 4.88 Å². The number of anilines is 1. The molecule has 0 bridgehead atoms. The van der Waals surface area contributed by atoms with Gasteiger partial charge >= 0.3 is 0 Å². The number of hydrogen-bond acceptors (Lipinski definition) is 4. The number of pyridine rings is 1. The standard InChI is InChI=1S/C15H19N3O2S/c1-10-4-6-13(21-10)11(2)17(3)15(20)9-18-8-12(16)5-7-14(18)19/h4-8,11H,9,16H2,1-3H3. The van der Waals surface area contributed by atoms with E-state index < -0.39 is 0 Å². The molecule has 2 rings (SSSR count). The van der Waals surface area contributed by atoms with Crippen molar-refractivity contribution in [2.45, 2.75) is 26.4 Å². The van der Waals surface area contributed by atoms with Gasteiger partial charge < -0.3 is 15.2 Å². The summed E-state index contributed by atoms with van der Waals surface area (Å²) in [7, 11) is 1.75. The topological polar surface area (TPSA) is 68.3 Å². The number of rotatable bonds is 4. The lowest BCUT2D eigenvalue weighted by atomic mass is 10.2. The molecule has 1 unspecified atom stereocenters. The molecule has 5 nitrogen and oxygen atoms in total. The molecule has 21 heavy (non-hydrogen) atoms. The third-order valence-corrected chi connectivity index (χ3v) is 4.63. The predicted molar refractivity (Wildman–Crippen MR) is 85.4 cm³/mol. The predicted octanol–water partition coefficient (Wildman–Crippen LogP) is 2.02. The van der Waals surface area contributed by atoms with Crippen molar-refractivity contribution in [2.75, 3.05) is 12.8 Å². The fourth-order valence-corrected chi connectivity index (χ4v) is 2.99. The van der Waals surface area contributed by atoms with E-state index in [1.165, 1.54) is 27.8 Å². The van der Waals surface area contributed by atoms with E-state index in [9.17, 15) is 9.59 Å². The molecule has 1 atom stereocenters. The van der Waals surface area contributed by atoms with Gasteiger partial charge in [-0.1, -0.05) is 0 Å². The molecule has 0 aliphatic carbocycles. The van der Waals surface area contributed by atoms with Crippen LogP contribution in [0.15, 0.2) is 35.3 Å². The normalized spacial score (nSPS) is 12.1. The van der Waals surface area contributed by atoms with Gasteiger partial charge in [0.15, 0.2) is 0 Å². The van der Waals surface area contributed by atoms with Crippen LogP contribution in [0.25, 0.3) is 0 Å². The van der Waals surface area contributed by atoms with Gasteiger partial charge in [0.1, 0.15) is 6.54 Å². The third kappa shape index (κ3) is 3.52. The molecule has 0 radical (unpaired) electrons. The summed E-state index contributed by atoms with van der Waals surface area (Å²) in [4.78, 5) is 28.0. The van der Waals surface area contributed by atoms with Crippen molar-refractivity contribution in [3.63, 3.8) is 0 Å². The number of aromatic nitrogens is 1. The van der Waals surface area contributed by atoms with Crippen molar-refractivity contribution in [3.8, 4) is 0 Å². The maximum absolute atomic E-state index is 12.3. The molecule has 1 amide bonds. The van der Waals surface area contributed by atoms with Gasteiger partial charge in [0.05, 0.1) is 6.04 Å². The number of likely N-dealkylation sites (N-methyl/N-ethyl adjacent to an activating group) is 1. The van der Waals surface area contributed by atoms with Crippen LogP contribution in [0.3, 0.4) is 0 Å². The second kappa shape index (κ2) is 6.13. The quantitative estimate of drug-likeness (QED) is 0.939. The monoisotopic (exact) mass is 305 g/mol. The van der Waals surface area contributed by atoms with Crippen LogP contribution >= 0.6 is 11.3 Å². The second-order valence-corrected chi connectivity index (χ2v) is 6.38. The van der Waals surface area contributed by atoms with Gasteiger partial charge in [-0.15, -0.1) is 11.3 Å². The van der Waals surface area contributed by atoms with Crippen LogP contribution in [0.4, 0.5) is 5.69 Å². The fraction of sp³-hybridized carbons (Fsp3) is 0.333. The Morgan fingerprint density at radius 2 is 2.10 bits per heavy atom. The lowest BCUT2D eigenvalue weighted by Crippen LogP contribution is -2.35. The zero-order valence-corrected chi connectivity index (χ0v) is 13.2. The molecule has 2 N–H and O–H groups in total. The Hall–Kier alpha value is -2.08. The van der Waals surface area contributed by atoms with Crippen molar-refractivity contribution >= 4 is 22.9 Å². The zero-order valence-electron chi connectivity index (χ0n) is 12.4. The number of carbonyl (C=O) groups is 1. The van der Waals surface area contributed by atoms with Gasteiger partial charge in [-0.3, -0.25) is 9.59 Å². The average molecular weight is 305 g/mol. The molecule has 0 fully saturated rings. The highest BCUT2D eigenvalue weighted by molar-refractivity contribution is 7.12. The van der Waals surface area contributed by atoms with E-state index in [4.69, 9.17) is 5.73 Å². The largest absolute Gasteiger partial charge is 0.398 e. The van der Waals surface area contributed by atoms with Gasteiger partial charge in [-0.25, -0.2) is 0 Å². The van der Waals surface area contributed by atoms with Crippen molar-refractivity contribution in [1.82, 2.24) is 9.47 Å². The lowest BCUT2D eigenvalue weighted by molar-refractivity contribution is -0.132. The second-order valence-electron chi connectivity index (χ2n) is 5.06. The molecule has 0 saturated heterocycles. The molecule has 0 aliphatic heterocycles. The first-order valence-electron chi connectivity index (χ1n) is 6.66. The maximum Gasteiger partial charge on any atom is 0.251 e. The first kappa shape index (κ1) is 15.3. The maximum atomic E-state index is 12.3. The number of aryl methyl sites for hydroxylation is 1. The van der Waals surface area contributed by atoms with Crippen LogP contribution < -0.4 is 11.3 Å². The van der Waals surface area contributed by atoms with Gasteiger partial charge in [-0.2, -0.15) is 0 Å². The minimum absolute atomic E-state index is 0.00489. The van der Waals surface area contributed by atoms with Crippen molar-refractivity contribution in [3.05, 3.63) is 50.6 Å². The highest BCUT2D eigenvalue weighted by atomic mass is 32.1. The summed E-state index contributed by atoms with van der Waals surface area (Å²) in [5, 5.41) is 0. The van der Waals surface area contributed by atoms with E-state index in [1.54, 1.807) is 23.3 Å².